The Balaban J connectivity index is 1.60. The molecule has 1 amide bonds. The van der Waals surface area contributed by atoms with E-state index in [2.05, 4.69) is 15.5 Å². The molecule has 1 N–H and O–H groups in total. The Kier molecular flexibility index (Phi) is 5.31. The third-order valence-electron chi connectivity index (χ3n) is 4.21. The number of hydrogen-bond donors (Lipinski definition) is 1. The van der Waals surface area contributed by atoms with Gasteiger partial charge in [-0.1, -0.05) is 23.4 Å². The molecule has 6 nitrogen and oxygen atoms in total. The fourth-order valence-corrected chi connectivity index (χ4v) is 2.56. The molecule has 0 unspecified atom stereocenters. The molecule has 26 heavy (non-hydrogen) atoms. The normalized spacial score (nSPS) is 10.6. The smallest absolute Gasteiger partial charge is 0.251 e. The second-order valence-corrected chi connectivity index (χ2v) is 6.02. The molecule has 0 aliphatic carbocycles. The number of aryl methyl sites for hydroxylation is 2. The third kappa shape index (κ3) is 3.91. The maximum atomic E-state index is 12.2. The summed E-state index contributed by atoms with van der Waals surface area (Å²) in [4.78, 5) is 16.6. The van der Waals surface area contributed by atoms with Crippen LogP contribution in [0.2, 0.25) is 0 Å². The first-order valence-electron chi connectivity index (χ1n) is 8.40. The molecule has 0 spiro atoms. The Bertz CT molecular complexity index is 918. The standard InChI is InChI=1S/C20H21N3O3/c1-13-8-9-15(12-14(13)2)20(24)21-11-10-18-22-19(23-26-18)16-6-4-5-7-17(16)25-3/h4-9,12H,10-11H2,1-3H3,(H,21,24). The van der Waals surface area contributed by atoms with Crippen molar-refractivity contribution in [2.75, 3.05) is 13.7 Å². The lowest BCUT2D eigenvalue weighted by atomic mass is 10.1. The van der Waals surface area contributed by atoms with Gasteiger partial charge in [0.25, 0.3) is 5.91 Å². The van der Waals surface area contributed by atoms with Crippen LogP contribution in [-0.2, 0) is 6.42 Å². The lowest BCUT2D eigenvalue weighted by molar-refractivity contribution is 0.0953. The molecule has 0 saturated carbocycles. The van der Waals surface area contributed by atoms with Crippen LogP contribution in [0.25, 0.3) is 11.4 Å². The quantitative estimate of drug-likeness (QED) is 0.737. The molecule has 0 saturated heterocycles. The summed E-state index contributed by atoms with van der Waals surface area (Å²) in [6.45, 7) is 4.43. The first kappa shape index (κ1) is 17.7. The van der Waals surface area contributed by atoms with Gasteiger partial charge in [0.1, 0.15) is 5.75 Å². The van der Waals surface area contributed by atoms with Gasteiger partial charge in [0.2, 0.25) is 11.7 Å². The number of nitrogens with zero attached hydrogens (tertiary/aromatic N) is 2. The predicted octanol–water partition coefficient (Wildman–Crippen LogP) is 3.33. The van der Waals surface area contributed by atoms with Gasteiger partial charge < -0.3 is 14.6 Å². The van der Waals surface area contributed by atoms with E-state index in [1.807, 2.05) is 56.3 Å². The monoisotopic (exact) mass is 351 g/mol. The Labute approximate surface area is 152 Å². The fourth-order valence-electron chi connectivity index (χ4n) is 2.56. The van der Waals surface area contributed by atoms with Gasteiger partial charge in [0, 0.05) is 18.5 Å². The van der Waals surface area contributed by atoms with Gasteiger partial charge in [-0.3, -0.25) is 4.79 Å². The number of carbonyl (C=O) groups excluding carboxylic acids is 1. The van der Waals surface area contributed by atoms with E-state index in [-0.39, 0.29) is 5.91 Å². The molecule has 0 aliphatic heterocycles. The summed E-state index contributed by atoms with van der Waals surface area (Å²) in [5, 5.41) is 6.87. The molecule has 0 fully saturated rings. The van der Waals surface area contributed by atoms with E-state index in [9.17, 15) is 4.79 Å². The summed E-state index contributed by atoms with van der Waals surface area (Å²) in [6.07, 6.45) is 0.457. The van der Waals surface area contributed by atoms with Crippen LogP contribution in [0, 0.1) is 13.8 Å². The van der Waals surface area contributed by atoms with Crippen molar-refractivity contribution in [1.82, 2.24) is 15.5 Å². The lowest BCUT2D eigenvalue weighted by Crippen LogP contribution is -2.25. The van der Waals surface area contributed by atoms with E-state index in [0.717, 1.165) is 16.7 Å². The molecule has 134 valence electrons. The van der Waals surface area contributed by atoms with Gasteiger partial charge in [0.15, 0.2) is 0 Å². The zero-order valence-corrected chi connectivity index (χ0v) is 15.1. The van der Waals surface area contributed by atoms with E-state index < -0.39 is 0 Å². The number of carbonyl (C=O) groups is 1. The second-order valence-electron chi connectivity index (χ2n) is 6.02. The van der Waals surface area contributed by atoms with Crippen molar-refractivity contribution in [2.24, 2.45) is 0 Å². The number of hydrogen-bond acceptors (Lipinski definition) is 5. The molecule has 3 rings (SSSR count). The highest BCUT2D eigenvalue weighted by Gasteiger charge is 2.13. The van der Waals surface area contributed by atoms with Crippen LogP contribution in [0.1, 0.15) is 27.4 Å². The molecule has 1 heterocycles. The lowest BCUT2D eigenvalue weighted by Gasteiger charge is -2.06. The fraction of sp³-hybridized carbons (Fsp3) is 0.250. The van der Waals surface area contributed by atoms with Crippen LogP contribution in [0.15, 0.2) is 47.0 Å². The first-order valence-corrected chi connectivity index (χ1v) is 8.40. The van der Waals surface area contributed by atoms with Gasteiger partial charge in [0.05, 0.1) is 12.7 Å². The van der Waals surface area contributed by atoms with Gasteiger partial charge in [-0.25, -0.2) is 0 Å². The molecule has 6 heteroatoms. The zero-order valence-electron chi connectivity index (χ0n) is 15.1. The molecule has 3 aromatic rings. The highest BCUT2D eigenvalue weighted by atomic mass is 16.5. The van der Waals surface area contributed by atoms with Crippen LogP contribution in [-0.4, -0.2) is 29.7 Å². The number of methoxy groups -OCH3 is 1. The highest BCUT2D eigenvalue weighted by Crippen LogP contribution is 2.26. The summed E-state index contributed by atoms with van der Waals surface area (Å²) < 4.78 is 10.6. The van der Waals surface area contributed by atoms with Crippen LogP contribution in [0.3, 0.4) is 0 Å². The number of rotatable bonds is 6. The van der Waals surface area contributed by atoms with Gasteiger partial charge in [-0.05, 0) is 49.2 Å². The molecule has 1 aromatic heterocycles. The minimum absolute atomic E-state index is 0.113. The molecule has 0 atom stereocenters. The average Bonchev–Trinajstić information content (AvgIpc) is 3.12. The summed E-state index contributed by atoms with van der Waals surface area (Å²) >= 11 is 0. The van der Waals surface area contributed by atoms with E-state index in [0.29, 0.717) is 36.0 Å². The van der Waals surface area contributed by atoms with Gasteiger partial charge >= 0.3 is 0 Å². The van der Waals surface area contributed by atoms with Crippen molar-refractivity contribution >= 4 is 5.91 Å². The number of ether oxygens (including phenoxy) is 1. The van der Waals surface area contributed by atoms with Gasteiger partial charge in [-0.2, -0.15) is 4.98 Å². The van der Waals surface area contributed by atoms with E-state index in [4.69, 9.17) is 9.26 Å². The Hall–Kier alpha value is -3.15. The number of amides is 1. The molecular weight excluding hydrogens is 330 g/mol. The first-order chi connectivity index (χ1) is 12.6. The summed E-state index contributed by atoms with van der Waals surface area (Å²) in [7, 11) is 1.60. The topological polar surface area (TPSA) is 77.3 Å². The summed E-state index contributed by atoms with van der Waals surface area (Å²) in [6, 6.07) is 13.1. The van der Waals surface area contributed by atoms with Crippen LogP contribution >= 0.6 is 0 Å². The SMILES string of the molecule is COc1ccccc1-c1noc(CCNC(=O)c2ccc(C)c(C)c2)n1. The molecule has 0 aliphatic rings. The third-order valence-corrected chi connectivity index (χ3v) is 4.21. The zero-order chi connectivity index (χ0) is 18.5. The minimum Gasteiger partial charge on any atom is -0.496 e. The number of aromatic nitrogens is 2. The molecular formula is C20H21N3O3. The van der Waals surface area contributed by atoms with Crippen molar-refractivity contribution in [1.29, 1.82) is 0 Å². The Morgan fingerprint density at radius 2 is 1.96 bits per heavy atom. The minimum atomic E-state index is -0.113. The average molecular weight is 351 g/mol. The summed E-state index contributed by atoms with van der Waals surface area (Å²) in [5.41, 5.74) is 3.67. The van der Waals surface area contributed by atoms with Crippen molar-refractivity contribution in [3.05, 3.63) is 65.0 Å². The van der Waals surface area contributed by atoms with E-state index in [1.54, 1.807) is 7.11 Å². The van der Waals surface area contributed by atoms with Gasteiger partial charge in [-0.15, -0.1) is 0 Å². The Morgan fingerprint density at radius 1 is 1.15 bits per heavy atom. The van der Waals surface area contributed by atoms with Crippen LogP contribution < -0.4 is 10.1 Å². The predicted molar refractivity (Wildman–Crippen MR) is 98.2 cm³/mol. The number of benzene rings is 2. The Morgan fingerprint density at radius 3 is 2.73 bits per heavy atom. The van der Waals surface area contributed by atoms with Crippen LogP contribution in [0.5, 0.6) is 5.75 Å². The molecule has 2 aromatic carbocycles. The number of para-hydroxylation sites is 1. The van der Waals surface area contributed by atoms with Crippen molar-refractivity contribution in [3.8, 4) is 17.1 Å². The van der Waals surface area contributed by atoms with E-state index in [1.165, 1.54) is 0 Å². The van der Waals surface area contributed by atoms with Crippen molar-refractivity contribution < 1.29 is 14.1 Å². The maximum Gasteiger partial charge on any atom is 0.251 e. The van der Waals surface area contributed by atoms with Crippen molar-refractivity contribution in [2.45, 2.75) is 20.3 Å². The maximum absolute atomic E-state index is 12.2. The van der Waals surface area contributed by atoms with Crippen molar-refractivity contribution in [3.63, 3.8) is 0 Å². The molecule has 0 bridgehead atoms. The number of nitrogens with one attached hydrogen (secondary N) is 1. The highest BCUT2D eigenvalue weighted by molar-refractivity contribution is 5.94. The largest absolute Gasteiger partial charge is 0.496 e. The molecule has 0 radical (unpaired) electrons. The second kappa shape index (κ2) is 7.82. The van der Waals surface area contributed by atoms with Crippen LogP contribution in [0.4, 0.5) is 0 Å². The summed E-state index contributed by atoms with van der Waals surface area (Å²) in [5.74, 6) is 1.50. The van der Waals surface area contributed by atoms with E-state index >= 15 is 0 Å².